The molecule has 41 heavy (non-hydrogen) atoms. The number of allylic oxidation sites excluding steroid dienone is 1. The van der Waals surface area contributed by atoms with Gasteiger partial charge in [0.2, 0.25) is 11.6 Å². The van der Waals surface area contributed by atoms with Crippen molar-refractivity contribution in [1.29, 1.82) is 0 Å². The van der Waals surface area contributed by atoms with Crippen LogP contribution >= 0.6 is 0 Å². The molecule has 2 saturated carbocycles. The van der Waals surface area contributed by atoms with Crippen molar-refractivity contribution in [3.63, 3.8) is 0 Å². The predicted octanol–water partition coefficient (Wildman–Crippen LogP) is 6.02. The van der Waals surface area contributed by atoms with Gasteiger partial charge in [0.25, 0.3) is 0 Å². The standard InChI is InChI=1S/C35H42O6/c1-19(2)27-20(3)25(21(4)36)30(39)35(41)31(40)28-29(38)26-23(17-33(28,6)18-34(27,35)7)22(11-12-24(26)37)13-16-32(5)14-9-8-10-15-32/h11-12,19,27,37-38,41H,8-10,14-15,17-18H2,1-7H3/t27-,33+,34+,35-/m1/s1. The largest absolute Gasteiger partial charge is 0.507 e. The number of carbonyl (C=O) groups is 3. The maximum atomic E-state index is 14.4. The lowest BCUT2D eigenvalue weighted by Crippen LogP contribution is -2.70. The van der Waals surface area contributed by atoms with Crippen LogP contribution in [0.4, 0.5) is 0 Å². The van der Waals surface area contributed by atoms with Crippen molar-refractivity contribution in [2.75, 3.05) is 0 Å². The number of phenolic OH excluding ortho intramolecular Hbond substituents is 1. The summed E-state index contributed by atoms with van der Waals surface area (Å²) in [7, 11) is 0. The molecule has 4 atom stereocenters. The van der Waals surface area contributed by atoms with Crippen LogP contribution in [0.3, 0.4) is 0 Å². The first-order chi connectivity index (χ1) is 19.0. The van der Waals surface area contributed by atoms with Crippen LogP contribution < -0.4 is 0 Å². The Hall–Kier alpha value is -3.17. The first-order valence-corrected chi connectivity index (χ1v) is 14.9. The van der Waals surface area contributed by atoms with E-state index in [9.17, 15) is 29.7 Å². The minimum atomic E-state index is -2.52. The molecule has 3 N–H and O–H groups in total. The van der Waals surface area contributed by atoms with Gasteiger partial charge in [-0.2, -0.15) is 0 Å². The molecule has 2 fully saturated rings. The molecule has 0 aliphatic heterocycles. The summed E-state index contributed by atoms with van der Waals surface area (Å²) in [5.41, 5.74) is -2.91. The zero-order valence-electron chi connectivity index (χ0n) is 25.3. The highest BCUT2D eigenvalue weighted by Gasteiger charge is 2.72. The Morgan fingerprint density at radius 2 is 1.66 bits per heavy atom. The first kappa shape index (κ1) is 29.3. The number of aromatic hydroxyl groups is 1. The van der Waals surface area contributed by atoms with Crippen LogP contribution in [0.15, 0.2) is 28.9 Å². The highest BCUT2D eigenvalue weighted by Crippen LogP contribution is 2.65. The van der Waals surface area contributed by atoms with Crippen molar-refractivity contribution in [3.05, 3.63) is 45.5 Å². The van der Waals surface area contributed by atoms with Gasteiger partial charge in [0, 0.05) is 27.4 Å². The molecule has 6 nitrogen and oxygen atoms in total. The van der Waals surface area contributed by atoms with Crippen molar-refractivity contribution in [3.8, 4) is 17.6 Å². The fourth-order valence-electron chi connectivity index (χ4n) is 9.04. The van der Waals surface area contributed by atoms with E-state index in [1.54, 1.807) is 19.9 Å². The molecule has 1 aromatic carbocycles. The maximum Gasteiger partial charge on any atom is 0.206 e. The van der Waals surface area contributed by atoms with Gasteiger partial charge in [-0.05, 0) is 76.0 Å². The molecule has 0 heterocycles. The quantitative estimate of drug-likeness (QED) is 0.233. The molecule has 1 aromatic rings. The third-order valence-corrected chi connectivity index (χ3v) is 10.7. The highest BCUT2D eigenvalue weighted by molar-refractivity contribution is 6.33. The van der Waals surface area contributed by atoms with Gasteiger partial charge >= 0.3 is 0 Å². The minimum Gasteiger partial charge on any atom is -0.507 e. The van der Waals surface area contributed by atoms with E-state index < -0.39 is 45.5 Å². The van der Waals surface area contributed by atoms with Gasteiger partial charge in [-0.15, -0.1) is 0 Å². The van der Waals surface area contributed by atoms with E-state index in [1.807, 2.05) is 20.8 Å². The number of hydrogen-bond acceptors (Lipinski definition) is 6. The molecular formula is C35H42O6. The summed E-state index contributed by atoms with van der Waals surface area (Å²) in [5, 5.41) is 34.8. The molecule has 4 aliphatic rings. The molecule has 218 valence electrons. The van der Waals surface area contributed by atoms with E-state index in [-0.39, 0.29) is 40.2 Å². The summed E-state index contributed by atoms with van der Waals surface area (Å²) >= 11 is 0. The SMILES string of the molecule is CC(=O)C1=C(C)[C@@H](C(C)C)[C@]2(C)C[C@]3(C)Cc4c(C#CC5(C)CCCCC5)ccc(O)c4C(O)=C3C(=O)[C@]2(O)C1=O. The van der Waals surface area contributed by atoms with Gasteiger partial charge in [-0.25, -0.2) is 0 Å². The summed E-state index contributed by atoms with van der Waals surface area (Å²) in [4.78, 5) is 41.0. The Morgan fingerprint density at radius 1 is 1.02 bits per heavy atom. The monoisotopic (exact) mass is 558 g/mol. The number of benzene rings is 1. The number of hydrogen-bond donors (Lipinski definition) is 3. The van der Waals surface area contributed by atoms with Gasteiger partial charge < -0.3 is 15.3 Å². The third-order valence-electron chi connectivity index (χ3n) is 10.7. The Bertz CT molecular complexity index is 1510. The van der Waals surface area contributed by atoms with Crippen LogP contribution in [0.5, 0.6) is 5.75 Å². The molecule has 0 bridgehead atoms. The van der Waals surface area contributed by atoms with E-state index >= 15 is 0 Å². The second-order valence-electron chi connectivity index (χ2n) is 14.1. The first-order valence-electron chi connectivity index (χ1n) is 14.9. The summed E-state index contributed by atoms with van der Waals surface area (Å²) in [5.74, 6) is 3.44. The molecule has 6 heteroatoms. The third kappa shape index (κ3) is 3.99. The Kier molecular flexibility index (Phi) is 6.74. The number of phenols is 1. The average molecular weight is 559 g/mol. The Balaban J connectivity index is 1.73. The second kappa shape index (κ2) is 9.42. The molecule has 0 amide bonds. The van der Waals surface area contributed by atoms with E-state index in [0.29, 0.717) is 23.1 Å². The number of rotatable bonds is 2. The molecule has 0 radical (unpaired) electrons. The Labute approximate surface area is 242 Å². The maximum absolute atomic E-state index is 14.4. The van der Waals surface area contributed by atoms with Gasteiger partial charge in [0.05, 0.1) is 11.1 Å². The van der Waals surface area contributed by atoms with Gasteiger partial charge in [0.15, 0.2) is 11.4 Å². The Morgan fingerprint density at radius 3 is 2.24 bits per heavy atom. The van der Waals surface area contributed by atoms with Crippen molar-refractivity contribution in [2.45, 2.75) is 99.0 Å². The van der Waals surface area contributed by atoms with Gasteiger partial charge in [-0.1, -0.05) is 64.4 Å². The lowest BCUT2D eigenvalue weighted by Gasteiger charge is -2.60. The van der Waals surface area contributed by atoms with Crippen LogP contribution in [0.2, 0.25) is 0 Å². The second-order valence-corrected chi connectivity index (χ2v) is 14.1. The van der Waals surface area contributed by atoms with Crippen LogP contribution in [0.1, 0.15) is 104 Å². The molecule has 0 unspecified atom stereocenters. The van der Waals surface area contributed by atoms with E-state index in [4.69, 9.17) is 0 Å². The predicted molar refractivity (Wildman–Crippen MR) is 157 cm³/mol. The van der Waals surface area contributed by atoms with E-state index in [0.717, 1.165) is 25.7 Å². The molecule has 5 rings (SSSR count). The topological polar surface area (TPSA) is 112 Å². The molecule has 0 aromatic heterocycles. The molecule has 0 spiro atoms. The number of Topliss-reactive ketones (excluding diaryl/α,β-unsaturated/α-hetero) is 3. The van der Waals surface area contributed by atoms with Crippen molar-refractivity contribution < 1.29 is 29.7 Å². The van der Waals surface area contributed by atoms with Crippen LogP contribution in [-0.2, 0) is 20.8 Å². The van der Waals surface area contributed by atoms with Crippen molar-refractivity contribution in [2.24, 2.45) is 28.1 Å². The summed E-state index contributed by atoms with van der Waals surface area (Å²) in [6.07, 6.45) is 6.07. The van der Waals surface area contributed by atoms with Crippen molar-refractivity contribution >= 4 is 23.1 Å². The minimum absolute atomic E-state index is 0.0667. The molecular weight excluding hydrogens is 516 g/mol. The highest BCUT2D eigenvalue weighted by atomic mass is 16.3. The zero-order valence-corrected chi connectivity index (χ0v) is 25.3. The lowest BCUT2D eigenvalue weighted by atomic mass is 9.42. The number of aliphatic hydroxyl groups excluding tert-OH is 1. The smallest absolute Gasteiger partial charge is 0.206 e. The van der Waals surface area contributed by atoms with Crippen LogP contribution in [-0.4, -0.2) is 38.3 Å². The molecule has 0 saturated heterocycles. The zero-order chi connectivity index (χ0) is 30.3. The number of aliphatic hydroxyl groups is 2. The molecule has 4 aliphatic carbocycles. The van der Waals surface area contributed by atoms with E-state index in [1.165, 1.54) is 19.4 Å². The van der Waals surface area contributed by atoms with Gasteiger partial charge in [-0.3, -0.25) is 14.4 Å². The number of fused-ring (bicyclic) bond motifs is 3. The lowest BCUT2D eigenvalue weighted by molar-refractivity contribution is -0.180. The fourth-order valence-corrected chi connectivity index (χ4v) is 9.04. The average Bonchev–Trinajstić information content (AvgIpc) is 2.85. The van der Waals surface area contributed by atoms with Crippen LogP contribution in [0, 0.1) is 39.9 Å². The summed E-state index contributed by atoms with van der Waals surface area (Å²) in [6, 6.07) is 3.24. The summed E-state index contributed by atoms with van der Waals surface area (Å²) in [6.45, 7) is 12.8. The van der Waals surface area contributed by atoms with E-state index in [2.05, 4.69) is 18.8 Å². The van der Waals surface area contributed by atoms with Gasteiger partial charge in [0.1, 0.15) is 11.5 Å². The number of carbonyl (C=O) groups excluding carboxylic acids is 3. The number of ketones is 3. The normalized spacial score (nSPS) is 32.7. The summed E-state index contributed by atoms with van der Waals surface area (Å²) < 4.78 is 0. The van der Waals surface area contributed by atoms with Crippen LogP contribution in [0.25, 0.3) is 5.76 Å². The van der Waals surface area contributed by atoms with Crippen molar-refractivity contribution in [1.82, 2.24) is 0 Å². The fraction of sp³-hybridized carbons (Fsp3) is 0.571.